The minimum absolute atomic E-state index is 0.941. The van der Waals surface area contributed by atoms with Gasteiger partial charge in [0.25, 0.3) is 0 Å². The molecule has 0 aliphatic heterocycles. The normalized spacial score (nSPS) is 10.8. The summed E-state index contributed by atoms with van der Waals surface area (Å²) in [7, 11) is 4.95. The first-order valence-corrected chi connectivity index (χ1v) is 7.45. The number of fused-ring (bicyclic) bond motifs is 1. The molecular formula is C7H7N3S3. The van der Waals surface area contributed by atoms with E-state index >= 15 is 0 Å². The Morgan fingerprint density at radius 3 is 3.00 bits per heavy atom. The molecule has 68 valence electrons. The molecular weight excluding hydrogens is 222 g/mol. The van der Waals surface area contributed by atoms with Crippen molar-refractivity contribution in [2.75, 3.05) is 6.26 Å². The van der Waals surface area contributed by atoms with E-state index < -0.39 is 0 Å². The summed E-state index contributed by atoms with van der Waals surface area (Å²) in [6.45, 7) is 0. The molecule has 1 aromatic heterocycles. The van der Waals surface area contributed by atoms with Crippen molar-refractivity contribution in [2.45, 2.75) is 0 Å². The van der Waals surface area contributed by atoms with Gasteiger partial charge in [-0.25, -0.2) is 0 Å². The number of para-hydroxylation sites is 1. The van der Waals surface area contributed by atoms with E-state index in [1.807, 2.05) is 34.6 Å². The highest BCUT2D eigenvalue weighted by Crippen LogP contribution is 2.34. The molecule has 0 saturated carbocycles. The molecule has 3 nitrogen and oxygen atoms in total. The molecule has 0 N–H and O–H groups in total. The smallest absolute Gasteiger partial charge is 0.114 e. The molecule has 1 heterocycles. The summed E-state index contributed by atoms with van der Waals surface area (Å²) in [6.07, 6.45) is 2.04. The third kappa shape index (κ3) is 1.95. The van der Waals surface area contributed by atoms with Crippen LogP contribution in [0, 0.1) is 0 Å². The molecule has 2 aromatic rings. The third-order valence-electron chi connectivity index (χ3n) is 1.49. The maximum absolute atomic E-state index is 4.04. The molecule has 0 unspecified atom stereocenters. The van der Waals surface area contributed by atoms with Crippen LogP contribution in [0.4, 0.5) is 0 Å². The molecule has 0 spiro atoms. The molecule has 13 heavy (non-hydrogen) atoms. The zero-order valence-electron chi connectivity index (χ0n) is 6.88. The lowest BCUT2D eigenvalue weighted by Crippen LogP contribution is -1.84. The first-order chi connectivity index (χ1) is 6.42. The monoisotopic (exact) mass is 229 g/mol. The van der Waals surface area contributed by atoms with E-state index in [2.05, 4.69) is 10.3 Å². The van der Waals surface area contributed by atoms with Gasteiger partial charge in [0, 0.05) is 0 Å². The van der Waals surface area contributed by atoms with Crippen LogP contribution in [0.25, 0.3) is 11.0 Å². The van der Waals surface area contributed by atoms with E-state index in [9.17, 15) is 0 Å². The lowest BCUT2D eigenvalue weighted by Gasteiger charge is -1.95. The maximum atomic E-state index is 4.04. The highest BCUT2D eigenvalue weighted by atomic mass is 33.5. The largest absolute Gasteiger partial charge is 0.174 e. The maximum Gasteiger partial charge on any atom is 0.114 e. The number of hydrogen-bond acceptors (Lipinski definition) is 5. The zero-order valence-corrected chi connectivity index (χ0v) is 9.33. The number of aromatic nitrogens is 3. The van der Waals surface area contributed by atoms with E-state index in [0.29, 0.717) is 0 Å². The van der Waals surface area contributed by atoms with Crippen LogP contribution in [-0.4, -0.2) is 20.7 Å². The molecule has 0 bridgehead atoms. The van der Waals surface area contributed by atoms with Gasteiger partial charge in [0.2, 0.25) is 0 Å². The van der Waals surface area contributed by atoms with Crippen molar-refractivity contribution in [3.8, 4) is 0 Å². The Kier molecular flexibility index (Phi) is 3.02. The van der Waals surface area contributed by atoms with Gasteiger partial charge in [-0.3, -0.25) is 0 Å². The Morgan fingerprint density at radius 1 is 1.31 bits per heavy atom. The first-order valence-electron chi connectivity index (χ1n) is 3.60. The van der Waals surface area contributed by atoms with Crippen LogP contribution in [-0.2, 0) is 0 Å². The van der Waals surface area contributed by atoms with Crippen molar-refractivity contribution in [3.63, 3.8) is 0 Å². The molecule has 0 fully saturated rings. The average Bonchev–Trinajstić information content (AvgIpc) is 2.58. The van der Waals surface area contributed by atoms with Gasteiger partial charge in [-0.05, 0) is 28.2 Å². The topological polar surface area (TPSA) is 30.7 Å². The van der Waals surface area contributed by atoms with Gasteiger partial charge in [0.05, 0.1) is 11.0 Å². The zero-order chi connectivity index (χ0) is 9.10. The molecule has 0 aliphatic carbocycles. The van der Waals surface area contributed by atoms with Gasteiger partial charge < -0.3 is 0 Å². The number of benzene rings is 1. The lowest BCUT2D eigenvalue weighted by atomic mass is 10.3. The van der Waals surface area contributed by atoms with Crippen LogP contribution in [0.1, 0.15) is 0 Å². The Balaban J connectivity index is 2.35. The van der Waals surface area contributed by atoms with Gasteiger partial charge in [-0.2, -0.15) is 4.09 Å². The van der Waals surface area contributed by atoms with Crippen molar-refractivity contribution in [1.29, 1.82) is 0 Å². The SMILES string of the molecule is CSSSn1nnc2ccccc21. The molecule has 6 heteroatoms. The molecule has 0 amide bonds. The van der Waals surface area contributed by atoms with Crippen LogP contribution in [0.2, 0.25) is 0 Å². The van der Waals surface area contributed by atoms with Crippen molar-refractivity contribution in [3.05, 3.63) is 24.3 Å². The summed E-state index contributed by atoms with van der Waals surface area (Å²) in [5.74, 6) is 0. The molecule has 1 aromatic carbocycles. The van der Waals surface area contributed by atoms with Gasteiger partial charge in [-0.1, -0.05) is 28.1 Å². The summed E-state index contributed by atoms with van der Waals surface area (Å²) >= 11 is 0. The molecule has 0 saturated heterocycles. The van der Waals surface area contributed by atoms with Crippen LogP contribution in [0.5, 0.6) is 0 Å². The van der Waals surface area contributed by atoms with Crippen LogP contribution in [0.15, 0.2) is 24.3 Å². The minimum Gasteiger partial charge on any atom is -0.174 e. The van der Waals surface area contributed by atoms with Crippen LogP contribution in [0.3, 0.4) is 0 Å². The van der Waals surface area contributed by atoms with E-state index in [1.54, 1.807) is 31.6 Å². The molecule has 2 rings (SSSR count). The average molecular weight is 229 g/mol. The second-order valence-electron chi connectivity index (χ2n) is 2.26. The predicted octanol–water partition coefficient (Wildman–Crippen LogP) is 2.85. The fourth-order valence-electron chi connectivity index (χ4n) is 0.962. The first kappa shape index (κ1) is 9.23. The van der Waals surface area contributed by atoms with E-state index in [4.69, 9.17) is 0 Å². The highest BCUT2D eigenvalue weighted by molar-refractivity contribution is 9.09. The van der Waals surface area contributed by atoms with E-state index in [0.717, 1.165) is 11.0 Å². The Labute approximate surface area is 87.6 Å². The van der Waals surface area contributed by atoms with Gasteiger partial charge in [-0.15, -0.1) is 5.10 Å². The van der Waals surface area contributed by atoms with E-state index in [1.165, 1.54) is 0 Å². The Hall–Kier alpha value is -0.330. The van der Waals surface area contributed by atoms with Crippen molar-refractivity contribution in [1.82, 2.24) is 14.4 Å². The summed E-state index contributed by atoms with van der Waals surface area (Å²) in [5.41, 5.74) is 2.01. The number of nitrogens with zero attached hydrogens (tertiary/aromatic N) is 3. The second kappa shape index (κ2) is 4.26. The van der Waals surface area contributed by atoms with Crippen LogP contribution < -0.4 is 0 Å². The van der Waals surface area contributed by atoms with Gasteiger partial charge in [0.1, 0.15) is 11.0 Å². The highest BCUT2D eigenvalue weighted by Gasteiger charge is 2.02. The Morgan fingerprint density at radius 2 is 2.15 bits per heavy atom. The Bertz CT molecular complexity index is 401. The second-order valence-corrected chi connectivity index (χ2v) is 6.30. The number of rotatable bonds is 3. The summed E-state index contributed by atoms with van der Waals surface area (Å²) in [6, 6.07) is 7.94. The quantitative estimate of drug-likeness (QED) is 0.755. The van der Waals surface area contributed by atoms with Crippen LogP contribution >= 0.6 is 31.6 Å². The molecule has 0 aliphatic rings. The summed E-state index contributed by atoms with van der Waals surface area (Å²) < 4.78 is 1.83. The predicted molar refractivity (Wildman–Crippen MR) is 61.6 cm³/mol. The number of hydrogen-bond donors (Lipinski definition) is 0. The lowest BCUT2D eigenvalue weighted by molar-refractivity contribution is 0.915. The van der Waals surface area contributed by atoms with Gasteiger partial charge >= 0.3 is 0 Å². The van der Waals surface area contributed by atoms with E-state index in [-0.39, 0.29) is 0 Å². The van der Waals surface area contributed by atoms with Crippen molar-refractivity contribution < 1.29 is 0 Å². The van der Waals surface area contributed by atoms with Crippen molar-refractivity contribution >= 4 is 42.6 Å². The van der Waals surface area contributed by atoms with Gasteiger partial charge in [0.15, 0.2) is 0 Å². The fraction of sp³-hybridized carbons (Fsp3) is 0.143. The third-order valence-corrected chi connectivity index (χ3v) is 4.89. The summed E-state index contributed by atoms with van der Waals surface area (Å²) in [5, 5.41) is 8.07. The van der Waals surface area contributed by atoms with Crippen molar-refractivity contribution in [2.24, 2.45) is 0 Å². The molecule has 0 radical (unpaired) electrons. The standard InChI is InChI=1S/C7H7N3S3/c1-11-13-12-10-7-5-3-2-4-6(7)8-9-10/h2-5H,1H3. The summed E-state index contributed by atoms with van der Waals surface area (Å²) in [4.78, 5) is 0. The molecule has 0 atom stereocenters. The fourth-order valence-corrected chi connectivity index (χ4v) is 3.13. The minimum atomic E-state index is 0.941.